The van der Waals surface area contributed by atoms with Gasteiger partial charge in [-0.05, 0) is 67.9 Å². The summed E-state index contributed by atoms with van der Waals surface area (Å²) in [7, 11) is 0. The minimum Gasteiger partial charge on any atom is -0.506 e. The molecule has 6 rings (SSSR count). The molecule has 0 aliphatic carbocycles. The maximum atomic E-state index is 14.2. The Morgan fingerprint density at radius 3 is 2.73 bits per heavy atom. The van der Waals surface area contributed by atoms with Crippen molar-refractivity contribution >= 4 is 22.5 Å². The quantitative estimate of drug-likeness (QED) is 0.238. The van der Waals surface area contributed by atoms with Crippen LogP contribution in [0.4, 0.5) is 14.5 Å². The van der Waals surface area contributed by atoms with E-state index < -0.39 is 11.6 Å². The Bertz CT molecular complexity index is 1700. The molecule has 9 nitrogen and oxygen atoms in total. The molecule has 1 saturated heterocycles. The molecule has 2 aromatic heterocycles. The van der Waals surface area contributed by atoms with Gasteiger partial charge in [-0.2, -0.15) is 5.10 Å². The monoisotopic (exact) mass is 544 g/mol. The zero-order chi connectivity index (χ0) is 27.8. The number of hydrogen-bond donors (Lipinski definition) is 3. The van der Waals surface area contributed by atoms with Gasteiger partial charge in [-0.1, -0.05) is 6.07 Å². The highest BCUT2D eigenvalue weighted by Crippen LogP contribution is 2.35. The summed E-state index contributed by atoms with van der Waals surface area (Å²) in [6, 6.07) is 14.4. The van der Waals surface area contributed by atoms with E-state index in [1.807, 2.05) is 23.1 Å². The second kappa shape index (κ2) is 10.5. The lowest BCUT2D eigenvalue weighted by molar-refractivity contribution is -0.114. The van der Waals surface area contributed by atoms with Gasteiger partial charge in [0.1, 0.15) is 17.4 Å². The summed E-state index contributed by atoms with van der Waals surface area (Å²) in [6.07, 6.45) is 1.68. The van der Waals surface area contributed by atoms with Gasteiger partial charge in [0.25, 0.3) is 0 Å². The number of aromatic nitrogens is 4. The standard InChI is InChI=1S/C29H26F2N6O3/c1-16(38)32-25-13-17(8-10-26(25)39)27-20-12-18(7-9-24(20)33-34-27)28-35-36-29(40-28)19-4-3-11-37(14-19)15-21-22(30)5-2-6-23(21)31/h2,5-10,12-13,19,39H,3-4,11,14-15H2,1H3,(H,32,38)(H,33,34)/t19-/m1/s1. The highest BCUT2D eigenvalue weighted by Gasteiger charge is 2.27. The molecule has 3 N–H and O–H groups in total. The van der Waals surface area contributed by atoms with E-state index in [-0.39, 0.29) is 35.4 Å². The third-order valence-corrected chi connectivity index (χ3v) is 7.13. The molecule has 0 bridgehead atoms. The van der Waals surface area contributed by atoms with Crippen molar-refractivity contribution in [3.05, 3.63) is 77.7 Å². The third-order valence-electron chi connectivity index (χ3n) is 7.13. The molecule has 204 valence electrons. The van der Waals surface area contributed by atoms with Crippen LogP contribution in [0.2, 0.25) is 0 Å². The Labute approximate surface area is 227 Å². The number of piperidine rings is 1. The first-order valence-electron chi connectivity index (χ1n) is 12.9. The molecule has 1 atom stereocenters. The molecule has 3 aromatic carbocycles. The number of nitrogens with zero attached hydrogens (tertiary/aromatic N) is 4. The summed E-state index contributed by atoms with van der Waals surface area (Å²) in [5, 5.41) is 29.6. The Morgan fingerprint density at radius 1 is 1.12 bits per heavy atom. The van der Waals surface area contributed by atoms with Crippen molar-refractivity contribution in [2.24, 2.45) is 0 Å². The van der Waals surface area contributed by atoms with Crippen molar-refractivity contribution in [2.45, 2.75) is 32.2 Å². The summed E-state index contributed by atoms with van der Waals surface area (Å²) in [6.45, 7) is 2.83. The lowest BCUT2D eigenvalue weighted by Gasteiger charge is -2.31. The summed E-state index contributed by atoms with van der Waals surface area (Å²) in [5.41, 5.74) is 3.18. The molecule has 1 aliphatic rings. The van der Waals surface area contributed by atoms with Crippen LogP contribution >= 0.6 is 0 Å². The number of aromatic amines is 1. The number of carbonyl (C=O) groups excluding carboxylic acids is 1. The highest BCUT2D eigenvalue weighted by molar-refractivity contribution is 5.97. The summed E-state index contributed by atoms with van der Waals surface area (Å²) < 4.78 is 34.5. The molecule has 0 unspecified atom stereocenters. The number of fused-ring (bicyclic) bond motifs is 1. The first-order valence-corrected chi connectivity index (χ1v) is 12.9. The molecule has 1 aliphatic heterocycles. The minimum absolute atomic E-state index is 0.0433. The second-order valence-corrected chi connectivity index (χ2v) is 9.97. The van der Waals surface area contributed by atoms with Gasteiger partial charge >= 0.3 is 0 Å². The molecule has 0 spiro atoms. The molecule has 3 heterocycles. The van der Waals surface area contributed by atoms with Gasteiger partial charge in [-0.3, -0.25) is 14.8 Å². The number of nitrogens with one attached hydrogen (secondary N) is 2. The Morgan fingerprint density at radius 2 is 1.93 bits per heavy atom. The van der Waals surface area contributed by atoms with E-state index in [1.165, 1.54) is 31.2 Å². The number of H-pyrrole nitrogens is 1. The number of hydrogen-bond acceptors (Lipinski definition) is 7. The molecule has 40 heavy (non-hydrogen) atoms. The van der Waals surface area contributed by atoms with Crippen molar-refractivity contribution < 1.29 is 23.1 Å². The number of rotatable bonds is 6. The predicted molar refractivity (Wildman–Crippen MR) is 144 cm³/mol. The number of benzene rings is 3. The fourth-order valence-electron chi connectivity index (χ4n) is 5.16. The zero-order valence-corrected chi connectivity index (χ0v) is 21.6. The Hall–Kier alpha value is -4.64. The predicted octanol–water partition coefficient (Wildman–Crippen LogP) is 5.60. The van der Waals surface area contributed by atoms with E-state index in [2.05, 4.69) is 25.7 Å². The topological polar surface area (TPSA) is 120 Å². The molecule has 0 radical (unpaired) electrons. The van der Waals surface area contributed by atoms with Gasteiger partial charge in [0.15, 0.2) is 0 Å². The van der Waals surface area contributed by atoms with Crippen molar-refractivity contribution in [1.82, 2.24) is 25.3 Å². The van der Waals surface area contributed by atoms with Gasteiger partial charge in [-0.15, -0.1) is 10.2 Å². The lowest BCUT2D eigenvalue weighted by Crippen LogP contribution is -2.34. The molecule has 5 aromatic rings. The first kappa shape index (κ1) is 25.6. The molecule has 1 fully saturated rings. The second-order valence-electron chi connectivity index (χ2n) is 9.97. The zero-order valence-electron chi connectivity index (χ0n) is 21.6. The van der Waals surface area contributed by atoms with Crippen LogP contribution in [0, 0.1) is 11.6 Å². The van der Waals surface area contributed by atoms with Gasteiger partial charge in [-0.25, -0.2) is 8.78 Å². The van der Waals surface area contributed by atoms with Crippen LogP contribution < -0.4 is 5.32 Å². The lowest BCUT2D eigenvalue weighted by atomic mass is 9.97. The Balaban J connectivity index is 1.24. The molecular formula is C29H26F2N6O3. The number of phenols is 1. The van der Waals surface area contributed by atoms with E-state index in [0.29, 0.717) is 35.1 Å². The fourth-order valence-corrected chi connectivity index (χ4v) is 5.16. The van der Waals surface area contributed by atoms with E-state index >= 15 is 0 Å². The van der Waals surface area contributed by atoms with Crippen LogP contribution in [-0.2, 0) is 11.3 Å². The van der Waals surface area contributed by atoms with E-state index in [4.69, 9.17) is 4.42 Å². The van der Waals surface area contributed by atoms with Gasteiger partial charge in [0.05, 0.1) is 22.8 Å². The third kappa shape index (κ3) is 5.03. The van der Waals surface area contributed by atoms with Crippen molar-refractivity contribution in [2.75, 3.05) is 18.4 Å². The number of carbonyl (C=O) groups is 1. The molecule has 1 amide bonds. The van der Waals surface area contributed by atoms with Crippen LogP contribution in [-0.4, -0.2) is 49.4 Å². The van der Waals surface area contributed by atoms with Gasteiger partial charge < -0.3 is 14.8 Å². The van der Waals surface area contributed by atoms with Crippen molar-refractivity contribution in [3.63, 3.8) is 0 Å². The summed E-state index contributed by atoms with van der Waals surface area (Å²) in [4.78, 5) is 13.5. The SMILES string of the molecule is CC(=O)Nc1cc(-c2n[nH]c3ccc(-c4nnc([C@@H]5CCCN(Cc6c(F)cccc6F)C5)o4)cc23)ccc1O. The van der Waals surface area contributed by atoms with E-state index in [0.717, 1.165) is 30.3 Å². The molecule has 11 heteroatoms. The van der Waals surface area contributed by atoms with Crippen molar-refractivity contribution in [3.8, 4) is 28.5 Å². The van der Waals surface area contributed by atoms with Gasteiger partial charge in [0.2, 0.25) is 17.7 Å². The van der Waals surface area contributed by atoms with Crippen LogP contribution in [0.3, 0.4) is 0 Å². The Kier molecular flexibility index (Phi) is 6.72. The van der Waals surface area contributed by atoms with Crippen LogP contribution in [0.1, 0.15) is 37.1 Å². The number of aromatic hydroxyl groups is 1. The minimum atomic E-state index is -0.546. The number of anilines is 1. The molecule has 0 saturated carbocycles. The number of amides is 1. The van der Waals surface area contributed by atoms with Crippen LogP contribution in [0.15, 0.2) is 59.0 Å². The number of likely N-dealkylation sites (tertiary alicyclic amines) is 1. The van der Waals surface area contributed by atoms with Crippen molar-refractivity contribution in [1.29, 1.82) is 0 Å². The van der Waals surface area contributed by atoms with Gasteiger partial charge in [0, 0.05) is 42.1 Å². The fraction of sp³-hybridized carbons (Fsp3) is 0.241. The number of halogens is 2. The van der Waals surface area contributed by atoms with E-state index in [9.17, 15) is 18.7 Å². The average molecular weight is 545 g/mol. The number of phenolic OH excluding ortho intramolecular Hbond substituents is 1. The van der Waals surface area contributed by atoms with E-state index in [1.54, 1.807) is 12.1 Å². The summed E-state index contributed by atoms with van der Waals surface area (Å²) >= 11 is 0. The smallest absolute Gasteiger partial charge is 0.247 e. The highest BCUT2D eigenvalue weighted by atomic mass is 19.1. The largest absolute Gasteiger partial charge is 0.506 e. The van der Waals surface area contributed by atoms with Crippen LogP contribution in [0.25, 0.3) is 33.6 Å². The maximum Gasteiger partial charge on any atom is 0.247 e. The first-order chi connectivity index (χ1) is 19.4. The molecular weight excluding hydrogens is 518 g/mol. The normalized spacial score (nSPS) is 15.9. The van der Waals surface area contributed by atoms with Crippen LogP contribution in [0.5, 0.6) is 5.75 Å². The average Bonchev–Trinajstić information content (AvgIpc) is 3.60. The summed E-state index contributed by atoms with van der Waals surface area (Å²) in [5.74, 6) is -0.648. The maximum absolute atomic E-state index is 14.2.